The zero-order chi connectivity index (χ0) is 43.3. The smallest absolute Gasteiger partial charge is 0.408 e. The first-order valence-electron chi connectivity index (χ1n) is 19.4. The summed E-state index contributed by atoms with van der Waals surface area (Å²) in [7, 11) is 0. The number of hydrogen-bond acceptors (Lipinski definition) is 15. The Kier molecular flexibility index (Phi) is 12.2. The van der Waals surface area contributed by atoms with Gasteiger partial charge in [0.15, 0.2) is 23.6 Å². The highest BCUT2D eigenvalue weighted by Crippen LogP contribution is 2.64. The third-order valence-corrected chi connectivity index (χ3v) is 12.2. The normalized spacial score (nSPS) is 33.6. The fraction of sp³-hybridized carbons (Fsp3) is 0.659. The first-order chi connectivity index (χ1) is 26.8. The minimum atomic E-state index is -2.39. The van der Waals surface area contributed by atoms with Gasteiger partial charge in [0.2, 0.25) is 0 Å². The number of ketones is 1. The van der Waals surface area contributed by atoms with Crippen LogP contribution in [0, 0.1) is 16.7 Å². The Balaban J connectivity index is 1.73. The molecule has 17 heteroatoms. The molecule has 2 amide bonds. The first kappa shape index (κ1) is 44.5. The molecule has 17 nitrogen and oxygen atoms in total. The molecule has 320 valence electrons. The van der Waals surface area contributed by atoms with Crippen molar-refractivity contribution < 1.29 is 72.5 Å². The van der Waals surface area contributed by atoms with Crippen LogP contribution >= 0.6 is 0 Å². The Labute approximate surface area is 337 Å². The fourth-order valence-electron chi connectivity index (χ4n) is 9.13. The van der Waals surface area contributed by atoms with Crippen LogP contribution in [-0.4, -0.2) is 124 Å². The molecule has 2 saturated carbocycles. The van der Waals surface area contributed by atoms with Crippen molar-refractivity contribution in [2.45, 2.75) is 142 Å². The van der Waals surface area contributed by atoms with Crippen LogP contribution in [0.15, 0.2) is 41.5 Å². The summed E-state index contributed by atoms with van der Waals surface area (Å²) < 4.78 is 35.3. The van der Waals surface area contributed by atoms with Crippen LogP contribution < -0.4 is 10.6 Å². The van der Waals surface area contributed by atoms with Crippen LogP contribution in [-0.2, 0) is 42.8 Å². The summed E-state index contributed by atoms with van der Waals surface area (Å²) in [4.78, 5) is 82.1. The van der Waals surface area contributed by atoms with Crippen molar-refractivity contribution in [3.63, 3.8) is 0 Å². The lowest BCUT2D eigenvalue weighted by atomic mass is 9.44. The van der Waals surface area contributed by atoms with Gasteiger partial charge in [-0.25, -0.2) is 19.2 Å². The molecule has 1 aromatic carbocycles. The molecule has 0 spiro atoms. The van der Waals surface area contributed by atoms with Crippen molar-refractivity contribution >= 4 is 35.9 Å². The van der Waals surface area contributed by atoms with Gasteiger partial charge < -0.3 is 54.4 Å². The number of ether oxygens (including phenoxy) is 6. The van der Waals surface area contributed by atoms with Crippen LogP contribution in [0.2, 0.25) is 0 Å². The van der Waals surface area contributed by atoms with E-state index in [1.165, 1.54) is 32.9 Å². The number of Topliss-reactive ketones (excluding diaryl/α,β-unsaturated/α-hetero) is 1. The van der Waals surface area contributed by atoms with Crippen LogP contribution in [0.1, 0.15) is 92.4 Å². The van der Waals surface area contributed by atoms with Crippen LogP contribution in [0.5, 0.6) is 0 Å². The average molecular weight is 817 g/mol. The Morgan fingerprint density at radius 2 is 1.66 bits per heavy atom. The predicted octanol–water partition coefficient (Wildman–Crippen LogP) is 2.66. The van der Waals surface area contributed by atoms with Gasteiger partial charge in [-0.1, -0.05) is 32.0 Å². The molecular formula is C41H56N2O15. The van der Waals surface area contributed by atoms with Crippen molar-refractivity contribution in [1.29, 1.82) is 0 Å². The quantitative estimate of drug-likeness (QED) is 0.137. The minimum absolute atomic E-state index is 0.0223. The molecule has 0 radical (unpaired) electrons. The summed E-state index contributed by atoms with van der Waals surface area (Å²) in [6.45, 7) is 14.8. The maximum Gasteiger partial charge on any atom is 0.408 e. The second-order valence-electron chi connectivity index (χ2n) is 17.4. The van der Waals surface area contributed by atoms with Gasteiger partial charge in [-0.2, -0.15) is 0 Å². The highest BCUT2D eigenvalue weighted by Gasteiger charge is 2.78. The number of aliphatic hydroxyl groups is 3. The zero-order valence-electron chi connectivity index (χ0n) is 34.6. The van der Waals surface area contributed by atoms with E-state index in [1.807, 2.05) is 0 Å². The number of rotatable bonds is 9. The number of nitrogens with one attached hydrogen (secondary N) is 2. The Morgan fingerprint density at radius 1 is 1.02 bits per heavy atom. The molecule has 0 aromatic heterocycles. The highest BCUT2D eigenvalue weighted by molar-refractivity contribution is 5.95. The number of benzene rings is 1. The molecule has 3 aliphatic carbocycles. The first-order valence-corrected chi connectivity index (χ1v) is 19.4. The van der Waals surface area contributed by atoms with Gasteiger partial charge in [0.25, 0.3) is 0 Å². The van der Waals surface area contributed by atoms with Gasteiger partial charge in [0.05, 0.1) is 35.6 Å². The lowest BCUT2D eigenvalue weighted by Crippen LogP contribution is -2.82. The van der Waals surface area contributed by atoms with E-state index in [9.17, 15) is 39.3 Å². The van der Waals surface area contributed by atoms with Crippen LogP contribution in [0.3, 0.4) is 0 Å². The summed E-state index contributed by atoms with van der Waals surface area (Å²) in [5, 5.41) is 41.6. The summed E-state index contributed by atoms with van der Waals surface area (Å²) in [6.07, 6.45) is -12.4. The maximum atomic E-state index is 15.5. The van der Waals surface area contributed by atoms with E-state index in [4.69, 9.17) is 28.4 Å². The molecule has 1 saturated heterocycles. The monoisotopic (exact) mass is 816 g/mol. The van der Waals surface area contributed by atoms with Crippen molar-refractivity contribution in [3.8, 4) is 0 Å². The predicted molar refractivity (Wildman–Crippen MR) is 202 cm³/mol. The van der Waals surface area contributed by atoms with E-state index in [0.717, 1.165) is 6.92 Å². The molecule has 58 heavy (non-hydrogen) atoms. The maximum absolute atomic E-state index is 15.5. The largest absolute Gasteiger partial charge is 0.456 e. The van der Waals surface area contributed by atoms with Gasteiger partial charge in [-0.05, 0) is 71.7 Å². The fourth-order valence-corrected chi connectivity index (χ4v) is 9.13. The number of carbonyl (C=O) groups excluding carboxylic acids is 6. The lowest BCUT2D eigenvalue weighted by molar-refractivity contribution is -0.345. The van der Waals surface area contributed by atoms with E-state index in [2.05, 4.69) is 10.6 Å². The zero-order valence-corrected chi connectivity index (χ0v) is 34.6. The van der Waals surface area contributed by atoms with Gasteiger partial charge in [-0.3, -0.25) is 9.59 Å². The van der Waals surface area contributed by atoms with Crippen molar-refractivity contribution in [2.75, 3.05) is 13.2 Å². The molecule has 5 N–H and O–H groups in total. The van der Waals surface area contributed by atoms with Crippen molar-refractivity contribution in [1.82, 2.24) is 10.6 Å². The minimum Gasteiger partial charge on any atom is -0.456 e. The number of amides is 2. The van der Waals surface area contributed by atoms with Gasteiger partial charge >= 0.3 is 30.1 Å². The summed E-state index contributed by atoms with van der Waals surface area (Å²) >= 11 is 0. The number of carbonyl (C=O) groups is 6. The Morgan fingerprint density at radius 3 is 2.21 bits per heavy atom. The molecule has 11 atom stereocenters. The molecule has 4 aliphatic rings. The molecule has 1 aliphatic heterocycles. The van der Waals surface area contributed by atoms with Crippen LogP contribution in [0.4, 0.5) is 9.59 Å². The number of alkyl carbamates (subject to hydrolysis) is 2. The van der Waals surface area contributed by atoms with E-state index in [0.29, 0.717) is 0 Å². The van der Waals surface area contributed by atoms with Gasteiger partial charge in [0.1, 0.15) is 29.5 Å². The van der Waals surface area contributed by atoms with Gasteiger partial charge in [0, 0.05) is 31.7 Å². The number of aliphatic hydroxyl groups excluding tert-OH is 2. The standard InChI is InChI=1S/C41H56N2O15/c1-11-42-35(50)55-29-27-20(2)24(54-34(49)28(46)21(3)43-36(51)58-37(5,6)7)18-41(52,38(27,8)9)32(56-33(48)23-15-13-12-14-16-23)30-39(10,31(29)47)25(45)17-26-40(30,19-53-26)57-22(4)44/h12-16,21,24-26,28-30,32,45-46,52H,11,17-19H2,1-10H3,(H,42,50)(H,43,51)/t21-,24-,25-,26+,28+,29+,30?,32-,39+,40-,41+/m0/s1. The SMILES string of the molecule is CCNC(=O)O[C@H]1C(=O)[C@@]2(C)C([C@H](OC(=O)c3ccccc3)[C@]3(O)C[C@H](OC(=O)[C@H](O)[C@H](C)NC(=O)OC(C)(C)C)C(C)=C1C3(C)C)[C@]1(OC(C)=O)CO[C@@H]1C[C@@H]2O. The van der Waals surface area contributed by atoms with Crippen LogP contribution in [0.25, 0.3) is 0 Å². The third kappa shape index (κ3) is 7.69. The molecular weight excluding hydrogens is 760 g/mol. The Hall–Kier alpha value is -4.58. The Bertz CT molecular complexity index is 1840. The molecule has 1 heterocycles. The van der Waals surface area contributed by atoms with E-state index >= 15 is 4.79 Å². The number of esters is 3. The average Bonchev–Trinajstić information content (AvgIpc) is 3.11. The van der Waals surface area contributed by atoms with Gasteiger partial charge in [-0.15, -0.1) is 0 Å². The van der Waals surface area contributed by atoms with E-state index < -0.39 is 119 Å². The number of fused-ring (bicyclic) bond motifs is 5. The summed E-state index contributed by atoms with van der Waals surface area (Å²) in [5.41, 5.74) is -8.58. The highest BCUT2D eigenvalue weighted by atomic mass is 16.6. The molecule has 3 fully saturated rings. The molecule has 1 unspecified atom stereocenters. The van der Waals surface area contributed by atoms with E-state index in [1.54, 1.807) is 59.7 Å². The second kappa shape index (κ2) is 15.9. The summed E-state index contributed by atoms with van der Waals surface area (Å²) in [5.74, 6) is -5.39. The van der Waals surface area contributed by atoms with Crippen molar-refractivity contribution in [3.05, 3.63) is 47.0 Å². The number of hydrogen-bond donors (Lipinski definition) is 5. The lowest BCUT2D eigenvalue weighted by Gasteiger charge is -2.67. The molecule has 5 rings (SSSR count). The molecule has 1 aromatic rings. The third-order valence-electron chi connectivity index (χ3n) is 12.2. The van der Waals surface area contributed by atoms with Crippen molar-refractivity contribution in [2.24, 2.45) is 16.7 Å². The van der Waals surface area contributed by atoms with E-state index in [-0.39, 0.29) is 36.3 Å². The molecule has 2 bridgehead atoms. The topological polar surface area (TPSA) is 243 Å². The summed E-state index contributed by atoms with van der Waals surface area (Å²) in [6, 6.07) is 6.58. The second-order valence-corrected chi connectivity index (χ2v) is 17.4.